The topological polar surface area (TPSA) is 40.2 Å². The first kappa shape index (κ1) is 14.7. The minimum absolute atomic E-state index is 0.0796. The van der Waals surface area contributed by atoms with Gasteiger partial charge >= 0.3 is 0 Å². The van der Waals surface area contributed by atoms with Gasteiger partial charge in [0.1, 0.15) is 31.4 Å². The third-order valence-corrected chi connectivity index (χ3v) is 4.14. The molecule has 2 atom stereocenters. The minimum atomic E-state index is 0.0796. The first-order valence-corrected chi connectivity index (χ1v) is 7.98. The fourth-order valence-corrected chi connectivity index (χ4v) is 2.67. The van der Waals surface area contributed by atoms with Crippen molar-refractivity contribution in [2.24, 2.45) is 0 Å². The Hall–Kier alpha value is -1.88. The molecule has 4 rings (SSSR count). The van der Waals surface area contributed by atoms with Gasteiger partial charge < -0.3 is 18.9 Å². The van der Waals surface area contributed by atoms with Gasteiger partial charge in [-0.15, -0.1) is 0 Å². The molecular formula is C19H20O4. The third kappa shape index (κ3) is 3.91. The van der Waals surface area contributed by atoms with E-state index in [-0.39, 0.29) is 6.10 Å². The van der Waals surface area contributed by atoms with E-state index in [4.69, 9.17) is 18.9 Å². The zero-order valence-electron chi connectivity index (χ0n) is 12.9. The average Bonchev–Trinajstić information content (AvgIpc) is 3.26. The van der Waals surface area contributed by atoms with Crippen LogP contribution in [0.2, 0.25) is 0 Å². The van der Waals surface area contributed by atoms with Gasteiger partial charge in [-0.1, -0.05) is 36.4 Å². The van der Waals surface area contributed by atoms with Crippen molar-refractivity contribution in [3.63, 3.8) is 0 Å². The van der Waals surface area contributed by atoms with Crippen molar-refractivity contribution in [3.8, 4) is 5.75 Å². The van der Waals surface area contributed by atoms with Crippen LogP contribution in [0.5, 0.6) is 5.75 Å². The lowest BCUT2D eigenvalue weighted by Gasteiger charge is -2.09. The van der Waals surface area contributed by atoms with Gasteiger partial charge in [0.25, 0.3) is 0 Å². The molecule has 0 bridgehead atoms. The lowest BCUT2D eigenvalue weighted by Crippen LogP contribution is -2.03. The molecule has 2 unspecified atom stereocenters. The van der Waals surface area contributed by atoms with E-state index in [1.54, 1.807) is 0 Å². The molecule has 4 nitrogen and oxygen atoms in total. The van der Waals surface area contributed by atoms with Crippen LogP contribution >= 0.6 is 0 Å². The van der Waals surface area contributed by atoms with E-state index in [1.165, 1.54) is 16.7 Å². The molecule has 0 aromatic heterocycles. The summed E-state index contributed by atoms with van der Waals surface area (Å²) >= 11 is 0. The second-order valence-electron chi connectivity index (χ2n) is 5.97. The second kappa shape index (κ2) is 6.71. The van der Waals surface area contributed by atoms with E-state index in [2.05, 4.69) is 36.4 Å². The van der Waals surface area contributed by atoms with Gasteiger partial charge in [0.05, 0.1) is 13.2 Å². The standard InChI is InChI=1S/C19H20O4/c1-5-16(19-12-20-13-23-19)6-2-14(1)9-15-3-7-17(8-4-15)21-10-18-11-22-18/h1-8,18-19H,9-13H2. The number of hydrogen-bond donors (Lipinski definition) is 0. The maximum atomic E-state index is 5.66. The van der Waals surface area contributed by atoms with Crippen molar-refractivity contribution in [2.45, 2.75) is 18.6 Å². The van der Waals surface area contributed by atoms with E-state index in [0.717, 1.165) is 18.8 Å². The van der Waals surface area contributed by atoms with Gasteiger partial charge in [-0.2, -0.15) is 0 Å². The molecule has 2 aromatic carbocycles. The number of rotatable bonds is 6. The molecule has 0 radical (unpaired) electrons. The molecule has 2 fully saturated rings. The Morgan fingerprint density at radius 3 is 2.17 bits per heavy atom. The molecule has 2 aliphatic rings. The minimum Gasteiger partial charge on any atom is -0.491 e. The molecule has 0 amide bonds. The van der Waals surface area contributed by atoms with Gasteiger partial charge in [0.15, 0.2) is 0 Å². The number of benzene rings is 2. The van der Waals surface area contributed by atoms with E-state index >= 15 is 0 Å². The summed E-state index contributed by atoms with van der Waals surface area (Å²) in [5, 5.41) is 0. The zero-order valence-corrected chi connectivity index (χ0v) is 12.9. The van der Waals surface area contributed by atoms with Crippen molar-refractivity contribution >= 4 is 0 Å². The van der Waals surface area contributed by atoms with E-state index < -0.39 is 0 Å². The normalized spacial score (nSPS) is 23.0. The molecule has 23 heavy (non-hydrogen) atoms. The van der Waals surface area contributed by atoms with Crippen LogP contribution in [0.15, 0.2) is 48.5 Å². The maximum Gasteiger partial charge on any atom is 0.147 e. The van der Waals surface area contributed by atoms with Crippen LogP contribution in [0.25, 0.3) is 0 Å². The number of epoxide rings is 1. The van der Waals surface area contributed by atoms with Crippen LogP contribution in [-0.4, -0.2) is 32.7 Å². The predicted molar refractivity (Wildman–Crippen MR) is 85.6 cm³/mol. The summed E-state index contributed by atoms with van der Waals surface area (Å²) in [6.45, 7) is 2.51. The fourth-order valence-electron chi connectivity index (χ4n) is 2.67. The van der Waals surface area contributed by atoms with Crippen molar-refractivity contribution in [1.29, 1.82) is 0 Å². The van der Waals surface area contributed by atoms with E-state index in [9.17, 15) is 0 Å². The lowest BCUT2D eigenvalue weighted by molar-refractivity contribution is 0.0466. The highest BCUT2D eigenvalue weighted by Gasteiger charge is 2.23. The van der Waals surface area contributed by atoms with E-state index in [1.807, 2.05) is 12.1 Å². The van der Waals surface area contributed by atoms with Crippen LogP contribution in [0.4, 0.5) is 0 Å². The Morgan fingerprint density at radius 2 is 1.57 bits per heavy atom. The molecule has 0 N–H and O–H groups in total. The SMILES string of the molecule is c1cc(OCC2CO2)ccc1Cc1ccc(C2COCO2)cc1. The Balaban J connectivity index is 1.35. The number of hydrogen-bond acceptors (Lipinski definition) is 4. The molecule has 0 aliphatic carbocycles. The molecule has 0 spiro atoms. The Kier molecular flexibility index (Phi) is 4.28. The Bertz CT molecular complexity index is 625. The average molecular weight is 312 g/mol. The summed E-state index contributed by atoms with van der Waals surface area (Å²) in [6.07, 6.45) is 1.28. The van der Waals surface area contributed by atoms with Gasteiger partial charge in [-0.05, 0) is 35.2 Å². The largest absolute Gasteiger partial charge is 0.491 e. The van der Waals surface area contributed by atoms with Crippen molar-refractivity contribution < 1.29 is 18.9 Å². The van der Waals surface area contributed by atoms with Crippen LogP contribution in [0, 0.1) is 0 Å². The summed E-state index contributed by atoms with van der Waals surface area (Å²) in [7, 11) is 0. The van der Waals surface area contributed by atoms with Crippen LogP contribution < -0.4 is 4.74 Å². The fraction of sp³-hybridized carbons (Fsp3) is 0.368. The Labute approximate surface area is 135 Å². The first-order chi connectivity index (χ1) is 11.4. The summed E-state index contributed by atoms with van der Waals surface area (Å²) in [5.41, 5.74) is 3.73. The van der Waals surface area contributed by atoms with Crippen molar-refractivity contribution in [2.75, 3.05) is 26.6 Å². The van der Waals surface area contributed by atoms with Crippen molar-refractivity contribution in [3.05, 3.63) is 65.2 Å². The Morgan fingerprint density at radius 1 is 0.870 bits per heavy atom. The number of ether oxygens (including phenoxy) is 4. The van der Waals surface area contributed by atoms with E-state index in [0.29, 0.717) is 26.1 Å². The van der Waals surface area contributed by atoms with Gasteiger partial charge in [0, 0.05) is 0 Å². The highest BCUT2D eigenvalue weighted by Crippen LogP contribution is 2.23. The lowest BCUT2D eigenvalue weighted by atomic mass is 10.0. The molecule has 0 saturated carbocycles. The van der Waals surface area contributed by atoms with Crippen LogP contribution in [0.1, 0.15) is 22.8 Å². The highest BCUT2D eigenvalue weighted by atomic mass is 16.7. The predicted octanol–water partition coefficient (Wildman–Crippen LogP) is 3.10. The summed E-state index contributed by atoms with van der Waals surface area (Å²) < 4.78 is 21.5. The van der Waals surface area contributed by atoms with Gasteiger partial charge in [-0.3, -0.25) is 0 Å². The van der Waals surface area contributed by atoms with Gasteiger partial charge in [0.2, 0.25) is 0 Å². The maximum absolute atomic E-state index is 5.66. The third-order valence-electron chi connectivity index (χ3n) is 4.14. The van der Waals surface area contributed by atoms with Crippen molar-refractivity contribution in [1.82, 2.24) is 0 Å². The molecule has 2 aliphatic heterocycles. The highest BCUT2D eigenvalue weighted by molar-refractivity contribution is 5.33. The molecule has 2 saturated heterocycles. The summed E-state index contributed by atoms with van der Waals surface area (Å²) in [6, 6.07) is 16.8. The first-order valence-electron chi connectivity index (χ1n) is 7.98. The molecule has 2 aromatic rings. The summed E-state index contributed by atoms with van der Waals surface area (Å²) in [4.78, 5) is 0. The van der Waals surface area contributed by atoms with Crippen LogP contribution in [-0.2, 0) is 20.6 Å². The smallest absolute Gasteiger partial charge is 0.147 e. The zero-order chi connectivity index (χ0) is 15.5. The quantitative estimate of drug-likeness (QED) is 0.769. The molecular weight excluding hydrogens is 292 g/mol. The molecule has 4 heteroatoms. The molecule has 2 heterocycles. The molecule has 120 valence electrons. The monoisotopic (exact) mass is 312 g/mol. The van der Waals surface area contributed by atoms with Crippen LogP contribution in [0.3, 0.4) is 0 Å². The van der Waals surface area contributed by atoms with Gasteiger partial charge in [-0.25, -0.2) is 0 Å². The second-order valence-corrected chi connectivity index (χ2v) is 5.97. The summed E-state index contributed by atoms with van der Waals surface area (Å²) in [5.74, 6) is 0.901.